The fourth-order valence-electron chi connectivity index (χ4n) is 1.86. The lowest BCUT2D eigenvalue weighted by atomic mass is 10.3. The molecular formula is C12H15N2O+. The summed E-state index contributed by atoms with van der Waals surface area (Å²) in [7, 11) is 2.04. The number of unbranched alkanes of at least 4 members (excludes halogenated alkanes) is 1. The quantitative estimate of drug-likeness (QED) is 0.419. The summed E-state index contributed by atoms with van der Waals surface area (Å²) in [5, 5.41) is 0. The van der Waals surface area contributed by atoms with Crippen LogP contribution in [-0.4, -0.2) is 10.9 Å². The summed E-state index contributed by atoms with van der Waals surface area (Å²) in [4.78, 5) is 10.2. The van der Waals surface area contributed by atoms with Crippen molar-refractivity contribution in [3.63, 3.8) is 0 Å². The van der Waals surface area contributed by atoms with Crippen LogP contribution in [0.25, 0.3) is 11.0 Å². The summed E-state index contributed by atoms with van der Waals surface area (Å²) in [5.74, 6) is 0. The van der Waals surface area contributed by atoms with Gasteiger partial charge in [0.15, 0.2) is 11.0 Å². The summed E-state index contributed by atoms with van der Waals surface area (Å²) in [5.41, 5.74) is 2.45. The molecule has 0 spiro atoms. The van der Waals surface area contributed by atoms with Crippen LogP contribution in [0.15, 0.2) is 30.6 Å². The van der Waals surface area contributed by atoms with E-state index in [1.807, 2.05) is 19.2 Å². The zero-order valence-corrected chi connectivity index (χ0v) is 8.89. The van der Waals surface area contributed by atoms with Crippen molar-refractivity contribution < 1.29 is 9.36 Å². The van der Waals surface area contributed by atoms with Crippen LogP contribution in [0.5, 0.6) is 0 Å². The number of hydrogen-bond acceptors (Lipinski definition) is 1. The minimum Gasteiger partial charge on any atom is -0.303 e. The zero-order chi connectivity index (χ0) is 10.7. The fourth-order valence-corrected chi connectivity index (χ4v) is 1.86. The molecule has 1 aromatic carbocycles. The number of para-hydroxylation sites is 2. The molecule has 0 fully saturated rings. The first-order valence-electron chi connectivity index (χ1n) is 5.20. The molecule has 1 heterocycles. The van der Waals surface area contributed by atoms with Crippen molar-refractivity contribution in [2.45, 2.75) is 19.4 Å². The van der Waals surface area contributed by atoms with E-state index in [0.717, 1.165) is 19.3 Å². The number of aromatic nitrogens is 2. The van der Waals surface area contributed by atoms with Crippen LogP contribution in [0.3, 0.4) is 0 Å². The van der Waals surface area contributed by atoms with E-state index in [0.29, 0.717) is 6.42 Å². The molecule has 2 rings (SSSR count). The van der Waals surface area contributed by atoms with Crippen LogP contribution in [-0.2, 0) is 18.4 Å². The van der Waals surface area contributed by atoms with Crippen LogP contribution in [0.4, 0.5) is 0 Å². The molecule has 0 bridgehead atoms. The summed E-state index contributed by atoms with van der Waals surface area (Å²) in [6, 6.07) is 8.29. The van der Waals surface area contributed by atoms with Gasteiger partial charge in [0.1, 0.15) is 6.29 Å². The Kier molecular flexibility index (Phi) is 2.81. The normalized spacial score (nSPS) is 10.7. The van der Waals surface area contributed by atoms with Gasteiger partial charge in [-0.3, -0.25) is 0 Å². The number of benzene rings is 1. The van der Waals surface area contributed by atoms with E-state index in [9.17, 15) is 4.79 Å². The molecule has 3 heteroatoms. The Hall–Kier alpha value is -1.64. The van der Waals surface area contributed by atoms with Gasteiger partial charge in [0.2, 0.25) is 6.33 Å². The Labute approximate surface area is 88.9 Å². The van der Waals surface area contributed by atoms with Gasteiger partial charge in [0, 0.05) is 6.42 Å². The molecule has 1 aromatic heterocycles. The number of imidazole rings is 1. The lowest BCUT2D eigenvalue weighted by molar-refractivity contribution is -0.645. The highest BCUT2D eigenvalue weighted by atomic mass is 16.1. The van der Waals surface area contributed by atoms with Crippen LogP contribution >= 0.6 is 0 Å². The summed E-state index contributed by atoms with van der Waals surface area (Å²) in [6.45, 7) is 0.903. The first-order chi connectivity index (χ1) is 7.33. The molecule has 0 saturated heterocycles. The molecule has 0 amide bonds. The van der Waals surface area contributed by atoms with Crippen molar-refractivity contribution in [3.8, 4) is 0 Å². The fraction of sp³-hybridized carbons (Fsp3) is 0.333. The second-order valence-electron chi connectivity index (χ2n) is 3.72. The molecule has 0 saturated carbocycles. The molecule has 0 aliphatic carbocycles. The van der Waals surface area contributed by atoms with Gasteiger partial charge in [-0.1, -0.05) is 12.1 Å². The average molecular weight is 203 g/mol. The van der Waals surface area contributed by atoms with Gasteiger partial charge in [0.25, 0.3) is 0 Å². The molecule has 78 valence electrons. The third kappa shape index (κ3) is 1.91. The van der Waals surface area contributed by atoms with Crippen molar-refractivity contribution in [2.24, 2.45) is 7.05 Å². The van der Waals surface area contributed by atoms with Crippen LogP contribution < -0.4 is 4.57 Å². The van der Waals surface area contributed by atoms with Crippen molar-refractivity contribution in [1.82, 2.24) is 4.57 Å². The molecule has 0 aliphatic rings. The molecule has 0 unspecified atom stereocenters. The average Bonchev–Trinajstić information content (AvgIpc) is 2.58. The van der Waals surface area contributed by atoms with E-state index < -0.39 is 0 Å². The predicted octanol–water partition coefficient (Wildman–Crippen LogP) is 1.44. The molecule has 15 heavy (non-hydrogen) atoms. The van der Waals surface area contributed by atoms with E-state index in [4.69, 9.17) is 0 Å². The molecular weight excluding hydrogens is 188 g/mol. The first kappa shape index (κ1) is 9.90. The largest absolute Gasteiger partial charge is 0.303 e. The third-order valence-corrected chi connectivity index (χ3v) is 2.60. The molecule has 0 radical (unpaired) electrons. The van der Waals surface area contributed by atoms with Crippen molar-refractivity contribution >= 4 is 17.3 Å². The van der Waals surface area contributed by atoms with E-state index in [1.165, 1.54) is 11.0 Å². The first-order valence-corrected chi connectivity index (χ1v) is 5.20. The predicted molar refractivity (Wildman–Crippen MR) is 58.4 cm³/mol. The van der Waals surface area contributed by atoms with Crippen molar-refractivity contribution in [1.29, 1.82) is 0 Å². The number of fused-ring (bicyclic) bond motifs is 1. The second-order valence-corrected chi connectivity index (χ2v) is 3.72. The smallest absolute Gasteiger partial charge is 0.244 e. The second kappa shape index (κ2) is 4.26. The molecule has 0 N–H and O–H groups in total. The highest BCUT2D eigenvalue weighted by molar-refractivity contribution is 5.71. The maximum atomic E-state index is 10.2. The van der Waals surface area contributed by atoms with Gasteiger partial charge in [0.05, 0.1) is 13.6 Å². The van der Waals surface area contributed by atoms with E-state index in [-0.39, 0.29) is 0 Å². The summed E-state index contributed by atoms with van der Waals surface area (Å²) < 4.78 is 4.30. The van der Waals surface area contributed by atoms with E-state index >= 15 is 0 Å². The van der Waals surface area contributed by atoms with Crippen LogP contribution in [0.2, 0.25) is 0 Å². The number of rotatable bonds is 4. The molecule has 2 aromatic rings. The third-order valence-electron chi connectivity index (χ3n) is 2.60. The number of nitrogens with zero attached hydrogens (tertiary/aromatic N) is 2. The molecule has 0 atom stereocenters. The number of aryl methyl sites for hydroxylation is 2. The Bertz CT molecular complexity index is 473. The Morgan fingerprint density at radius 1 is 1.40 bits per heavy atom. The zero-order valence-electron chi connectivity index (χ0n) is 8.89. The number of hydrogen-bond donors (Lipinski definition) is 0. The van der Waals surface area contributed by atoms with Crippen molar-refractivity contribution in [3.05, 3.63) is 30.6 Å². The number of carbonyl (C=O) groups excluding carboxylic acids is 1. The van der Waals surface area contributed by atoms with Crippen LogP contribution in [0.1, 0.15) is 12.8 Å². The SMILES string of the molecule is C[n+]1cn(CCCC=O)c2ccccc21. The number of carbonyl (C=O) groups is 1. The standard InChI is InChI=1S/C12H15N2O/c1-13-10-14(8-4-5-9-15)12-7-3-2-6-11(12)13/h2-3,6-7,9-10H,4-5,8H2,1H3/q+1. The minimum atomic E-state index is 0.635. The highest BCUT2D eigenvalue weighted by Gasteiger charge is 2.10. The summed E-state index contributed by atoms with van der Waals surface area (Å²) in [6.07, 6.45) is 4.60. The van der Waals surface area contributed by atoms with Gasteiger partial charge >= 0.3 is 0 Å². The van der Waals surface area contributed by atoms with Gasteiger partial charge in [-0.25, -0.2) is 9.13 Å². The van der Waals surface area contributed by atoms with Gasteiger partial charge < -0.3 is 4.79 Å². The maximum Gasteiger partial charge on any atom is 0.244 e. The lowest BCUT2D eigenvalue weighted by Crippen LogP contribution is -2.25. The molecule has 0 aliphatic heterocycles. The van der Waals surface area contributed by atoms with Gasteiger partial charge in [-0.2, -0.15) is 0 Å². The maximum absolute atomic E-state index is 10.2. The Morgan fingerprint density at radius 2 is 2.20 bits per heavy atom. The van der Waals surface area contributed by atoms with Gasteiger partial charge in [-0.15, -0.1) is 0 Å². The Morgan fingerprint density at radius 3 is 3.00 bits per heavy atom. The minimum absolute atomic E-state index is 0.635. The monoisotopic (exact) mass is 203 g/mol. The summed E-state index contributed by atoms with van der Waals surface area (Å²) >= 11 is 0. The van der Waals surface area contributed by atoms with E-state index in [1.54, 1.807) is 0 Å². The van der Waals surface area contributed by atoms with Crippen LogP contribution in [0, 0.1) is 0 Å². The molecule has 3 nitrogen and oxygen atoms in total. The highest BCUT2D eigenvalue weighted by Crippen LogP contribution is 2.10. The Balaban J connectivity index is 2.31. The van der Waals surface area contributed by atoms with E-state index in [2.05, 4.69) is 27.6 Å². The topological polar surface area (TPSA) is 25.9 Å². The van der Waals surface area contributed by atoms with Gasteiger partial charge in [-0.05, 0) is 18.6 Å². The van der Waals surface area contributed by atoms with Crippen molar-refractivity contribution in [2.75, 3.05) is 0 Å². The lowest BCUT2D eigenvalue weighted by Gasteiger charge is -1.93. The number of aldehydes is 1.